The SMILES string of the molecule is OCCN1CCN([C@@H]2CCc3ccccc3C2)CC1. The number of piperazine rings is 1. The number of fused-ring (bicyclic) bond motifs is 1. The third-order valence-electron chi connectivity index (χ3n) is 4.66. The molecule has 0 radical (unpaired) electrons. The van der Waals surface area contributed by atoms with Gasteiger partial charge in [-0.25, -0.2) is 0 Å². The van der Waals surface area contributed by atoms with E-state index >= 15 is 0 Å². The second-order valence-electron chi connectivity index (χ2n) is 5.77. The summed E-state index contributed by atoms with van der Waals surface area (Å²) in [6.45, 7) is 5.66. The highest BCUT2D eigenvalue weighted by atomic mass is 16.3. The van der Waals surface area contributed by atoms with Gasteiger partial charge in [-0.2, -0.15) is 0 Å². The minimum atomic E-state index is 0.288. The van der Waals surface area contributed by atoms with Crippen LogP contribution in [0, 0.1) is 0 Å². The highest BCUT2D eigenvalue weighted by Gasteiger charge is 2.26. The van der Waals surface area contributed by atoms with Crippen molar-refractivity contribution in [3.05, 3.63) is 35.4 Å². The summed E-state index contributed by atoms with van der Waals surface area (Å²) in [4.78, 5) is 5.02. The van der Waals surface area contributed by atoms with Crippen LogP contribution in [0.1, 0.15) is 17.5 Å². The summed E-state index contributed by atoms with van der Waals surface area (Å²) in [7, 11) is 0. The van der Waals surface area contributed by atoms with Gasteiger partial charge >= 0.3 is 0 Å². The van der Waals surface area contributed by atoms with E-state index < -0.39 is 0 Å². The van der Waals surface area contributed by atoms with Gasteiger partial charge in [0, 0.05) is 38.8 Å². The lowest BCUT2D eigenvalue weighted by atomic mass is 9.87. The number of aliphatic hydroxyl groups is 1. The molecule has 1 aliphatic heterocycles. The first-order valence-corrected chi connectivity index (χ1v) is 7.51. The monoisotopic (exact) mass is 260 g/mol. The zero-order valence-electron chi connectivity index (χ0n) is 11.6. The Morgan fingerprint density at radius 1 is 1.05 bits per heavy atom. The van der Waals surface area contributed by atoms with E-state index in [2.05, 4.69) is 34.1 Å². The molecule has 3 rings (SSSR count). The van der Waals surface area contributed by atoms with E-state index in [1.54, 1.807) is 11.1 Å². The lowest BCUT2D eigenvalue weighted by Gasteiger charge is -2.41. The molecular weight excluding hydrogens is 236 g/mol. The van der Waals surface area contributed by atoms with Gasteiger partial charge in [0.2, 0.25) is 0 Å². The Bertz CT molecular complexity index is 413. The van der Waals surface area contributed by atoms with Crippen LogP contribution in [0.3, 0.4) is 0 Å². The van der Waals surface area contributed by atoms with Gasteiger partial charge in [-0.05, 0) is 30.4 Å². The van der Waals surface area contributed by atoms with Crippen LogP contribution in [0.25, 0.3) is 0 Å². The molecule has 0 bridgehead atoms. The van der Waals surface area contributed by atoms with Crippen molar-refractivity contribution in [1.29, 1.82) is 0 Å². The van der Waals surface area contributed by atoms with E-state index in [0.717, 1.165) is 38.8 Å². The summed E-state index contributed by atoms with van der Waals surface area (Å²) in [5.41, 5.74) is 3.11. The molecule has 1 aromatic rings. The van der Waals surface area contributed by atoms with E-state index in [0.29, 0.717) is 0 Å². The number of hydrogen-bond acceptors (Lipinski definition) is 3. The van der Waals surface area contributed by atoms with Gasteiger partial charge in [-0.3, -0.25) is 9.80 Å². The first-order valence-electron chi connectivity index (χ1n) is 7.51. The lowest BCUT2D eigenvalue weighted by molar-refractivity contribution is 0.0785. The fourth-order valence-corrected chi connectivity index (χ4v) is 3.48. The van der Waals surface area contributed by atoms with Crippen molar-refractivity contribution in [2.45, 2.75) is 25.3 Å². The highest BCUT2D eigenvalue weighted by molar-refractivity contribution is 5.30. The van der Waals surface area contributed by atoms with Crippen molar-refractivity contribution < 1.29 is 5.11 Å². The van der Waals surface area contributed by atoms with Gasteiger partial charge in [-0.15, -0.1) is 0 Å². The minimum absolute atomic E-state index is 0.288. The first-order chi connectivity index (χ1) is 9.36. The minimum Gasteiger partial charge on any atom is -0.395 e. The van der Waals surface area contributed by atoms with Crippen LogP contribution in [-0.4, -0.2) is 60.3 Å². The molecule has 1 heterocycles. The Labute approximate surface area is 115 Å². The number of nitrogens with zero attached hydrogens (tertiary/aromatic N) is 2. The summed E-state index contributed by atoms with van der Waals surface area (Å²) in [6, 6.07) is 9.63. The van der Waals surface area contributed by atoms with Crippen molar-refractivity contribution in [2.24, 2.45) is 0 Å². The molecule has 1 fully saturated rings. The van der Waals surface area contributed by atoms with Gasteiger partial charge in [0.05, 0.1) is 6.61 Å². The maximum absolute atomic E-state index is 8.99. The van der Waals surface area contributed by atoms with E-state index in [-0.39, 0.29) is 6.61 Å². The fourth-order valence-electron chi connectivity index (χ4n) is 3.48. The third-order valence-corrected chi connectivity index (χ3v) is 4.66. The van der Waals surface area contributed by atoms with Crippen LogP contribution in [0.4, 0.5) is 0 Å². The molecule has 2 aliphatic rings. The number of rotatable bonds is 3. The molecular formula is C16H24N2O. The van der Waals surface area contributed by atoms with Crippen LogP contribution in [0.5, 0.6) is 0 Å². The summed E-state index contributed by atoms with van der Waals surface area (Å²) in [6.07, 6.45) is 3.75. The van der Waals surface area contributed by atoms with E-state index in [9.17, 15) is 0 Å². The van der Waals surface area contributed by atoms with E-state index in [4.69, 9.17) is 5.11 Å². The quantitative estimate of drug-likeness (QED) is 0.883. The molecule has 1 N–H and O–H groups in total. The van der Waals surface area contributed by atoms with Crippen LogP contribution < -0.4 is 0 Å². The maximum atomic E-state index is 8.99. The van der Waals surface area contributed by atoms with Crippen molar-refractivity contribution in [2.75, 3.05) is 39.3 Å². The predicted octanol–water partition coefficient (Wildman–Crippen LogP) is 1.15. The van der Waals surface area contributed by atoms with Gasteiger partial charge in [0.15, 0.2) is 0 Å². The molecule has 104 valence electrons. The summed E-state index contributed by atoms with van der Waals surface area (Å²) in [5.74, 6) is 0. The molecule has 1 saturated heterocycles. The molecule has 3 nitrogen and oxygen atoms in total. The highest BCUT2D eigenvalue weighted by Crippen LogP contribution is 2.25. The Kier molecular flexibility index (Phi) is 4.16. The Morgan fingerprint density at radius 3 is 2.53 bits per heavy atom. The summed E-state index contributed by atoms with van der Waals surface area (Å²) < 4.78 is 0. The molecule has 19 heavy (non-hydrogen) atoms. The van der Waals surface area contributed by atoms with Crippen molar-refractivity contribution in [1.82, 2.24) is 9.80 Å². The standard InChI is InChI=1S/C16H24N2O/c19-12-11-17-7-9-18(10-8-17)16-6-5-14-3-1-2-4-15(14)13-16/h1-4,16,19H,5-13H2/t16-/m1/s1. The topological polar surface area (TPSA) is 26.7 Å². The smallest absolute Gasteiger partial charge is 0.0558 e. The molecule has 0 saturated carbocycles. The molecule has 1 atom stereocenters. The second-order valence-corrected chi connectivity index (χ2v) is 5.77. The molecule has 0 amide bonds. The van der Waals surface area contributed by atoms with Gasteiger partial charge in [0.1, 0.15) is 0 Å². The van der Waals surface area contributed by atoms with E-state index in [1.807, 2.05) is 0 Å². The van der Waals surface area contributed by atoms with Crippen molar-refractivity contribution in [3.63, 3.8) is 0 Å². The van der Waals surface area contributed by atoms with Crippen molar-refractivity contribution in [3.8, 4) is 0 Å². The average Bonchev–Trinajstić information content (AvgIpc) is 2.48. The first kappa shape index (κ1) is 13.1. The molecule has 3 heteroatoms. The molecule has 1 aliphatic carbocycles. The van der Waals surface area contributed by atoms with Crippen LogP contribution in [0.15, 0.2) is 24.3 Å². The van der Waals surface area contributed by atoms with Crippen LogP contribution in [0.2, 0.25) is 0 Å². The Balaban J connectivity index is 1.57. The van der Waals surface area contributed by atoms with Crippen LogP contribution in [-0.2, 0) is 12.8 Å². The van der Waals surface area contributed by atoms with Gasteiger partial charge in [0.25, 0.3) is 0 Å². The number of aliphatic hydroxyl groups excluding tert-OH is 1. The van der Waals surface area contributed by atoms with Gasteiger partial charge in [-0.1, -0.05) is 24.3 Å². The fraction of sp³-hybridized carbons (Fsp3) is 0.625. The molecule has 1 aromatic carbocycles. The number of β-amino-alcohol motifs (C(OH)–C–C–N with tert-alkyl or cyclic N) is 1. The third kappa shape index (κ3) is 2.99. The van der Waals surface area contributed by atoms with Gasteiger partial charge < -0.3 is 5.11 Å². The predicted molar refractivity (Wildman–Crippen MR) is 77.4 cm³/mol. The molecule has 0 spiro atoms. The summed E-state index contributed by atoms with van der Waals surface area (Å²) in [5, 5.41) is 8.99. The van der Waals surface area contributed by atoms with Crippen molar-refractivity contribution >= 4 is 0 Å². The number of aryl methyl sites for hydroxylation is 1. The summed E-state index contributed by atoms with van der Waals surface area (Å²) >= 11 is 0. The number of benzene rings is 1. The molecule has 0 unspecified atom stereocenters. The Hall–Kier alpha value is -0.900. The maximum Gasteiger partial charge on any atom is 0.0558 e. The Morgan fingerprint density at radius 2 is 1.79 bits per heavy atom. The zero-order chi connectivity index (χ0) is 13.1. The average molecular weight is 260 g/mol. The largest absolute Gasteiger partial charge is 0.395 e. The zero-order valence-corrected chi connectivity index (χ0v) is 11.6. The number of hydrogen-bond donors (Lipinski definition) is 1. The van der Waals surface area contributed by atoms with E-state index in [1.165, 1.54) is 19.3 Å². The molecule has 0 aromatic heterocycles. The second kappa shape index (κ2) is 6.04. The normalized spacial score (nSPS) is 25.2. The van der Waals surface area contributed by atoms with Crippen LogP contribution >= 0.6 is 0 Å². The lowest BCUT2D eigenvalue weighted by Crippen LogP contribution is -2.52.